The molecule has 3 radical (unpaired) electrons. The Morgan fingerprint density at radius 3 is 2.33 bits per heavy atom. The monoisotopic (exact) mass is 195 g/mol. The van der Waals surface area contributed by atoms with Gasteiger partial charge in [0, 0.05) is 0 Å². The summed E-state index contributed by atoms with van der Waals surface area (Å²) in [6, 6.07) is 0. The molecule has 6 heavy (non-hydrogen) atoms. The number of rotatable bonds is 1. The molecule has 0 atom stereocenters. The van der Waals surface area contributed by atoms with Crippen molar-refractivity contribution >= 4 is 28.9 Å². The van der Waals surface area contributed by atoms with Gasteiger partial charge in [-0.1, -0.05) is 0 Å². The first-order chi connectivity index (χ1) is 2.77. The zero-order chi connectivity index (χ0) is 4.99. The summed E-state index contributed by atoms with van der Waals surface area (Å²) in [5.41, 5.74) is 0. The number of hydrogen-bond donors (Lipinski definition) is 0. The van der Waals surface area contributed by atoms with Crippen molar-refractivity contribution < 1.29 is 12.9 Å². The molecule has 3 nitrogen and oxygen atoms in total. The number of hydrogen-bond acceptors (Lipinski definition) is 3. The van der Waals surface area contributed by atoms with Crippen LogP contribution in [-0.2, 0) is 12.9 Å². The van der Waals surface area contributed by atoms with Crippen molar-refractivity contribution in [2.75, 3.05) is 0 Å². The second kappa shape index (κ2) is 3.42. The van der Waals surface area contributed by atoms with Crippen molar-refractivity contribution in [1.29, 1.82) is 0 Å². The summed E-state index contributed by atoms with van der Waals surface area (Å²) in [5.74, 6) is -0.410. The first kappa shape index (κ1) is 6.23. The molecule has 0 aromatic rings. The van der Waals surface area contributed by atoms with Gasteiger partial charge in [-0.05, 0) is 0 Å². The average Bonchev–Trinajstić information content (AvgIpc) is 1.35. The van der Waals surface area contributed by atoms with Crippen LogP contribution in [0.15, 0.2) is 0 Å². The third-order valence-electron chi connectivity index (χ3n) is 0.159. The third kappa shape index (κ3) is 4.23. The molecule has 0 aromatic carbocycles. The number of carbonyl (C=O) groups is 1. The van der Waals surface area contributed by atoms with Crippen LogP contribution in [0, 0.1) is 0 Å². The standard InChI is InChI=1S/C2H4O3.Sn/c1-2(3)5-4;/h4H,1H3;/q;+1/p-1. The van der Waals surface area contributed by atoms with Gasteiger partial charge in [-0.2, -0.15) is 0 Å². The molecule has 0 N–H and O–H groups in total. The second-order valence-corrected chi connectivity index (χ2v) is 1.13. The van der Waals surface area contributed by atoms with Crippen LogP contribution in [0.2, 0.25) is 0 Å². The first-order valence-corrected chi connectivity index (χ1v) is 2.44. The van der Waals surface area contributed by atoms with Crippen LogP contribution >= 0.6 is 0 Å². The van der Waals surface area contributed by atoms with E-state index >= 15 is 0 Å². The molecule has 4 heteroatoms. The molecule has 0 aliphatic heterocycles. The van der Waals surface area contributed by atoms with Crippen molar-refractivity contribution in [2.45, 2.75) is 6.92 Å². The Labute approximate surface area is 49.2 Å². The Morgan fingerprint density at radius 1 is 1.83 bits per heavy atom. The fourth-order valence-corrected chi connectivity index (χ4v) is 0.394. The van der Waals surface area contributed by atoms with Gasteiger partial charge in [0.15, 0.2) is 0 Å². The molecule has 0 bridgehead atoms. The van der Waals surface area contributed by atoms with E-state index in [1.54, 1.807) is 0 Å². The van der Waals surface area contributed by atoms with Crippen LogP contribution in [-0.4, -0.2) is 28.9 Å². The van der Waals surface area contributed by atoms with Crippen LogP contribution in [0.25, 0.3) is 0 Å². The van der Waals surface area contributed by atoms with E-state index in [-0.39, 0.29) is 0 Å². The summed E-state index contributed by atoms with van der Waals surface area (Å²) in [6.07, 6.45) is 0. The average molecular weight is 194 g/mol. The van der Waals surface area contributed by atoms with E-state index in [9.17, 15) is 4.79 Å². The van der Waals surface area contributed by atoms with Gasteiger partial charge in [0.25, 0.3) is 0 Å². The molecule has 0 spiro atoms. The molecule has 0 rings (SSSR count). The third-order valence-corrected chi connectivity index (χ3v) is 0.397. The van der Waals surface area contributed by atoms with E-state index in [0.717, 1.165) is 22.9 Å². The van der Waals surface area contributed by atoms with Crippen molar-refractivity contribution in [3.63, 3.8) is 0 Å². The molecular weight excluding hydrogens is 191 g/mol. The van der Waals surface area contributed by atoms with Crippen LogP contribution in [0.3, 0.4) is 0 Å². The number of carbonyl (C=O) groups excluding carboxylic acids is 1. The molecule has 0 aliphatic carbocycles. The SMILES string of the molecule is CC(=O)O[O][Sn]. The fourth-order valence-electron chi connectivity index (χ4n) is 0.0587. The molecule has 0 aromatic heterocycles. The Kier molecular flexibility index (Phi) is 3.55. The van der Waals surface area contributed by atoms with Gasteiger partial charge >= 0.3 is 48.7 Å². The van der Waals surface area contributed by atoms with Crippen molar-refractivity contribution in [2.24, 2.45) is 0 Å². The molecule has 0 unspecified atom stereocenters. The quantitative estimate of drug-likeness (QED) is 0.322. The van der Waals surface area contributed by atoms with E-state index in [4.69, 9.17) is 0 Å². The first-order valence-electron chi connectivity index (χ1n) is 1.28. The van der Waals surface area contributed by atoms with E-state index in [1.165, 1.54) is 6.92 Å². The van der Waals surface area contributed by atoms with Gasteiger partial charge in [-0.3, -0.25) is 0 Å². The minimum absolute atomic E-state index is 0.410. The van der Waals surface area contributed by atoms with Gasteiger partial charge in [-0.25, -0.2) is 0 Å². The summed E-state index contributed by atoms with van der Waals surface area (Å²) in [6.45, 7) is 1.28. The zero-order valence-electron chi connectivity index (χ0n) is 3.22. The Morgan fingerprint density at radius 2 is 2.33 bits per heavy atom. The van der Waals surface area contributed by atoms with Crippen molar-refractivity contribution in [1.82, 2.24) is 0 Å². The maximum atomic E-state index is 9.71. The summed E-state index contributed by atoms with van der Waals surface area (Å²) < 4.78 is 4.04. The molecule has 0 heterocycles. The van der Waals surface area contributed by atoms with Gasteiger partial charge < -0.3 is 0 Å². The zero-order valence-corrected chi connectivity index (χ0v) is 6.08. The van der Waals surface area contributed by atoms with Gasteiger partial charge in [-0.15, -0.1) is 0 Å². The second-order valence-electron chi connectivity index (χ2n) is 0.658. The Bertz CT molecular complexity index is 52.8. The minimum atomic E-state index is -0.410. The van der Waals surface area contributed by atoms with E-state index in [0.29, 0.717) is 0 Å². The molecule has 33 valence electrons. The summed E-state index contributed by atoms with van der Waals surface area (Å²) >= 11 is 0.738. The van der Waals surface area contributed by atoms with Crippen LogP contribution in [0.1, 0.15) is 6.92 Å². The van der Waals surface area contributed by atoms with Crippen LogP contribution in [0.5, 0.6) is 0 Å². The molecule has 0 saturated heterocycles. The van der Waals surface area contributed by atoms with Crippen molar-refractivity contribution in [3.8, 4) is 0 Å². The predicted molar refractivity (Wildman–Crippen MR) is 18.6 cm³/mol. The van der Waals surface area contributed by atoms with Gasteiger partial charge in [0.2, 0.25) is 0 Å². The summed E-state index contributed by atoms with van der Waals surface area (Å²) in [7, 11) is 0. The van der Waals surface area contributed by atoms with Crippen molar-refractivity contribution in [3.05, 3.63) is 0 Å². The normalized spacial score (nSPS) is 7.67. The summed E-state index contributed by atoms with van der Waals surface area (Å²) in [5, 5.41) is 0. The molecular formula is C2H3O3Sn. The van der Waals surface area contributed by atoms with E-state index in [1.807, 2.05) is 0 Å². The Balaban J connectivity index is 2.83. The predicted octanol–water partition coefficient (Wildman–Crippen LogP) is -0.435. The Hall–Kier alpha value is 0.229. The molecule has 0 aliphatic rings. The van der Waals surface area contributed by atoms with Gasteiger partial charge in [0.05, 0.1) is 0 Å². The van der Waals surface area contributed by atoms with Gasteiger partial charge in [0.1, 0.15) is 0 Å². The van der Waals surface area contributed by atoms with E-state index < -0.39 is 5.97 Å². The maximum absolute atomic E-state index is 9.71. The summed E-state index contributed by atoms with van der Waals surface area (Å²) in [4.78, 5) is 13.7. The molecule has 0 amide bonds. The van der Waals surface area contributed by atoms with Crippen LogP contribution in [0.4, 0.5) is 0 Å². The fraction of sp³-hybridized carbons (Fsp3) is 0.500. The topological polar surface area (TPSA) is 35.5 Å². The molecule has 0 saturated carbocycles. The van der Waals surface area contributed by atoms with E-state index in [2.05, 4.69) is 8.11 Å². The van der Waals surface area contributed by atoms with Crippen LogP contribution < -0.4 is 0 Å². The molecule has 0 fully saturated rings.